The molecule has 1 aliphatic rings. The van der Waals surface area contributed by atoms with Crippen LogP contribution in [0.4, 0.5) is 10.5 Å². The number of carbonyl (C=O) groups is 2. The molecule has 1 heterocycles. The largest absolute Gasteiger partial charge is 0.467 e. The second-order valence-electron chi connectivity index (χ2n) is 3.65. The van der Waals surface area contributed by atoms with Gasteiger partial charge in [0.15, 0.2) is 0 Å². The maximum absolute atomic E-state index is 11.7. The lowest BCUT2D eigenvalue weighted by Gasteiger charge is -2.32. The SMILES string of the molecule is COC(=O)C1CCOC(=O)N1c1ccccc1. The van der Waals surface area contributed by atoms with E-state index in [4.69, 9.17) is 9.47 Å². The van der Waals surface area contributed by atoms with Crippen LogP contribution in [-0.2, 0) is 14.3 Å². The van der Waals surface area contributed by atoms with E-state index in [9.17, 15) is 9.59 Å². The molecule has 1 aromatic rings. The molecule has 1 atom stereocenters. The second kappa shape index (κ2) is 4.86. The summed E-state index contributed by atoms with van der Waals surface area (Å²) < 4.78 is 9.65. The Labute approximate surface area is 98.9 Å². The number of nitrogens with zero attached hydrogens (tertiary/aromatic N) is 1. The topological polar surface area (TPSA) is 55.8 Å². The molecule has 1 aromatic carbocycles. The molecule has 5 nitrogen and oxygen atoms in total. The van der Waals surface area contributed by atoms with Crippen molar-refractivity contribution in [2.24, 2.45) is 0 Å². The highest BCUT2D eigenvalue weighted by Crippen LogP contribution is 2.23. The molecule has 0 aromatic heterocycles. The first-order valence-corrected chi connectivity index (χ1v) is 5.33. The van der Waals surface area contributed by atoms with Crippen LogP contribution in [0.3, 0.4) is 0 Å². The molecule has 1 amide bonds. The maximum atomic E-state index is 11.7. The fourth-order valence-electron chi connectivity index (χ4n) is 1.82. The van der Waals surface area contributed by atoms with Gasteiger partial charge in [0.25, 0.3) is 0 Å². The Bertz CT molecular complexity index is 418. The second-order valence-corrected chi connectivity index (χ2v) is 3.65. The molecule has 90 valence electrons. The number of methoxy groups -OCH3 is 1. The minimum absolute atomic E-state index is 0.238. The maximum Gasteiger partial charge on any atom is 0.415 e. The number of amides is 1. The van der Waals surface area contributed by atoms with Crippen molar-refractivity contribution >= 4 is 17.7 Å². The zero-order valence-electron chi connectivity index (χ0n) is 9.46. The van der Waals surface area contributed by atoms with Crippen molar-refractivity contribution in [2.45, 2.75) is 12.5 Å². The standard InChI is InChI=1S/C12H13NO4/c1-16-11(14)10-7-8-17-12(15)13(10)9-5-3-2-4-6-9/h2-6,10H,7-8H2,1H3. The van der Waals surface area contributed by atoms with Gasteiger partial charge in [0.2, 0.25) is 0 Å². The van der Waals surface area contributed by atoms with Gasteiger partial charge in [-0.3, -0.25) is 4.90 Å². The molecule has 1 fully saturated rings. The lowest BCUT2D eigenvalue weighted by atomic mass is 10.1. The van der Waals surface area contributed by atoms with E-state index in [1.54, 1.807) is 24.3 Å². The van der Waals surface area contributed by atoms with Crippen LogP contribution in [-0.4, -0.2) is 31.8 Å². The molecular weight excluding hydrogens is 222 g/mol. The minimum atomic E-state index is -0.608. The summed E-state index contributed by atoms with van der Waals surface area (Å²) >= 11 is 0. The third-order valence-corrected chi connectivity index (χ3v) is 2.63. The zero-order valence-corrected chi connectivity index (χ0v) is 9.46. The van der Waals surface area contributed by atoms with E-state index < -0.39 is 18.1 Å². The summed E-state index contributed by atoms with van der Waals surface area (Å²) in [6.45, 7) is 0.238. The third kappa shape index (κ3) is 2.22. The summed E-state index contributed by atoms with van der Waals surface area (Å²) in [6.07, 6.45) is -0.0781. The predicted octanol–water partition coefficient (Wildman–Crippen LogP) is 1.57. The zero-order chi connectivity index (χ0) is 12.3. The highest BCUT2D eigenvalue weighted by Gasteiger charge is 2.36. The monoisotopic (exact) mass is 235 g/mol. The highest BCUT2D eigenvalue weighted by atomic mass is 16.6. The fourth-order valence-corrected chi connectivity index (χ4v) is 1.82. The van der Waals surface area contributed by atoms with Crippen molar-refractivity contribution in [1.82, 2.24) is 0 Å². The summed E-state index contributed by atoms with van der Waals surface area (Å²) in [4.78, 5) is 24.7. The average molecular weight is 235 g/mol. The third-order valence-electron chi connectivity index (χ3n) is 2.63. The molecule has 1 saturated heterocycles. The molecule has 17 heavy (non-hydrogen) atoms. The molecular formula is C12H13NO4. The number of cyclic esters (lactones) is 1. The Morgan fingerprint density at radius 3 is 2.76 bits per heavy atom. The van der Waals surface area contributed by atoms with Gasteiger partial charge in [-0.05, 0) is 12.1 Å². The first-order valence-electron chi connectivity index (χ1n) is 5.33. The number of hydrogen-bond donors (Lipinski definition) is 0. The Morgan fingerprint density at radius 1 is 1.41 bits per heavy atom. The Hall–Kier alpha value is -2.04. The van der Waals surface area contributed by atoms with Crippen molar-refractivity contribution in [3.05, 3.63) is 30.3 Å². The van der Waals surface area contributed by atoms with E-state index in [1.165, 1.54) is 12.0 Å². The summed E-state index contributed by atoms with van der Waals surface area (Å²) in [5.74, 6) is -0.425. The van der Waals surface area contributed by atoms with Crippen molar-refractivity contribution in [2.75, 3.05) is 18.6 Å². The molecule has 5 heteroatoms. The Morgan fingerprint density at radius 2 is 2.12 bits per heavy atom. The number of carbonyl (C=O) groups excluding carboxylic acids is 2. The Balaban J connectivity index is 2.31. The molecule has 0 radical (unpaired) electrons. The van der Waals surface area contributed by atoms with Crippen LogP contribution in [0, 0.1) is 0 Å². The van der Waals surface area contributed by atoms with E-state index in [2.05, 4.69) is 0 Å². The quantitative estimate of drug-likeness (QED) is 0.730. The van der Waals surface area contributed by atoms with Gasteiger partial charge in [-0.2, -0.15) is 0 Å². The van der Waals surface area contributed by atoms with Gasteiger partial charge in [-0.15, -0.1) is 0 Å². The lowest BCUT2D eigenvalue weighted by Crippen LogP contribution is -2.50. The molecule has 0 saturated carbocycles. The molecule has 0 bridgehead atoms. The highest BCUT2D eigenvalue weighted by molar-refractivity contribution is 5.96. The van der Waals surface area contributed by atoms with Crippen molar-refractivity contribution in [3.8, 4) is 0 Å². The molecule has 1 aliphatic heterocycles. The van der Waals surface area contributed by atoms with Crippen molar-refractivity contribution in [3.63, 3.8) is 0 Å². The van der Waals surface area contributed by atoms with Crippen LogP contribution >= 0.6 is 0 Å². The van der Waals surface area contributed by atoms with Crippen molar-refractivity contribution < 1.29 is 19.1 Å². The van der Waals surface area contributed by atoms with Gasteiger partial charge in [-0.1, -0.05) is 18.2 Å². The number of ether oxygens (including phenoxy) is 2. The average Bonchev–Trinajstić information content (AvgIpc) is 2.38. The predicted molar refractivity (Wildman–Crippen MR) is 60.7 cm³/mol. The molecule has 1 unspecified atom stereocenters. The van der Waals surface area contributed by atoms with Gasteiger partial charge in [0, 0.05) is 12.1 Å². The van der Waals surface area contributed by atoms with Gasteiger partial charge in [0.05, 0.1) is 13.7 Å². The van der Waals surface area contributed by atoms with E-state index in [0.29, 0.717) is 12.1 Å². The molecule has 0 aliphatic carbocycles. The van der Waals surface area contributed by atoms with Gasteiger partial charge >= 0.3 is 12.1 Å². The van der Waals surface area contributed by atoms with Crippen LogP contribution < -0.4 is 4.90 Å². The van der Waals surface area contributed by atoms with Gasteiger partial charge in [0.1, 0.15) is 6.04 Å². The Kier molecular flexibility index (Phi) is 3.27. The van der Waals surface area contributed by atoms with Crippen LogP contribution in [0.1, 0.15) is 6.42 Å². The van der Waals surface area contributed by atoms with Crippen LogP contribution in [0.15, 0.2) is 30.3 Å². The molecule has 2 rings (SSSR count). The molecule has 0 N–H and O–H groups in total. The minimum Gasteiger partial charge on any atom is -0.467 e. The molecule has 0 spiro atoms. The number of benzene rings is 1. The van der Waals surface area contributed by atoms with E-state index >= 15 is 0 Å². The van der Waals surface area contributed by atoms with Gasteiger partial charge < -0.3 is 9.47 Å². The van der Waals surface area contributed by atoms with Crippen LogP contribution in [0.2, 0.25) is 0 Å². The van der Waals surface area contributed by atoms with Crippen LogP contribution in [0.5, 0.6) is 0 Å². The number of esters is 1. The van der Waals surface area contributed by atoms with E-state index in [0.717, 1.165) is 0 Å². The van der Waals surface area contributed by atoms with Crippen molar-refractivity contribution in [1.29, 1.82) is 0 Å². The first kappa shape index (κ1) is 11.4. The number of hydrogen-bond acceptors (Lipinski definition) is 4. The number of rotatable bonds is 2. The fraction of sp³-hybridized carbons (Fsp3) is 0.333. The van der Waals surface area contributed by atoms with E-state index in [1.807, 2.05) is 6.07 Å². The smallest absolute Gasteiger partial charge is 0.415 e. The normalized spacial score (nSPS) is 19.7. The number of anilines is 1. The summed E-state index contributed by atoms with van der Waals surface area (Å²) in [6, 6.07) is 8.33. The lowest BCUT2D eigenvalue weighted by molar-refractivity contribution is -0.143. The van der Waals surface area contributed by atoms with E-state index in [-0.39, 0.29) is 6.61 Å². The summed E-state index contributed by atoms with van der Waals surface area (Å²) in [5, 5.41) is 0. The van der Waals surface area contributed by atoms with Gasteiger partial charge in [-0.25, -0.2) is 9.59 Å². The summed E-state index contributed by atoms with van der Waals surface area (Å²) in [7, 11) is 1.31. The number of para-hydroxylation sites is 1. The van der Waals surface area contributed by atoms with Crippen LogP contribution in [0.25, 0.3) is 0 Å². The first-order chi connectivity index (χ1) is 8.24. The summed E-state index contributed by atoms with van der Waals surface area (Å²) in [5.41, 5.74) is 0.632.